The van der Waals surface area contributed by atoms with Crippen LogP contribution in [0.25, 0.3) is 0 Å². The Morgan fingerprint density at radius 3 is 2.56 bits per heavy atom. The topological polar surface area (TPSA) is 42.0 Å². The van der Waals surface area contributed by atoms with Gasteiger partial charge < -0.3 is 5.32 Å². The molecule has 3 nitrogen and oxygen atoms in total. The second-order valence-corrected chi connectivity index (χ2v) is 4.62. The Labute approximate surface area is 115 Å². The van der Waals surface area contributed by atoms with Gasteiger partial charge in [0.05, 0.1) is 6.42 Å². The average Bonchev–Trinajstić information content (AvgIpc) is 2.28. The molecular weight excluding hydrogens is 271 g/mol. The summed E-state index contributed by atoms with van der Waals surface area (Å²) in [6.07, 6.45) is 3.58. The Balaban J connectivity index is 2.03. The molecule has 0 aliphatic heterocycles. The number of pyridine rings is 1. The lowest BCUT2D eigenvalue weighted by molar-refractivity contribution is -0.115. The number of hydrogen-bond acceptors (Lipinski definition) is 2. The Morgan fingerprint density at radius 2 is 1.94 bits per heavy atom. The number of hydrogen-bond donors (Lipinski definition) is 1. The third-order valence-electron chi connectivity index (χ3n) is 2.23. The molecule has 1 aromatic heterocycles. The van der Waals surface area contributed by atoms with Gasteiger partial charge in [-0.25, -0.2) is 0 Å². The summed E-state index contributed by atoms with van der Waals surface area (Å²) in [6, 6.07) is 8.54. The number of amides is 1. The van der Waals surface area contributed by atoms with Gasteiger partial charge >= 0.3 is 0 Å². The lowest BCUT2D eigenvalue weighted by Crippen LogP contribution is -2.14. The van der Waals surface area contributed by atoms with Crippen molar-refractivity contribution >= 4 is 34.8 Å². The van der Waals surface area contributed by atoms with Crippen molar-refractivity contribution in [3.63, 3.8) is 0 Å². The van der Waals surface area contributed by atoms with Crippen LogP contribution < -0.4 is 5.32 Å². The van der Waals surface area contributed by atoms with Gasteiger partial charge in [-0.2, -0.15) is 0 Å². The number of carbonyl (C=O) groups excluding carboxylic acids is 1. The zero-order valence-electron chi connectivity index (χ0n) is 9.36. The van der Waals surface area contributed by atoms with Crippen LogP contribution in [0.1, 0.15) is 5.56 Å². The van der Waals surface area contributed by atoms with E-state index in [4.69, 9.17) is 23.2 Å². The fourth-order valence-corrected chi connectivity index (χ4v) is 2.05. The van der Waals surface area contributed by atoms with E-state index in [0.29, 0.717) is 15.7 Å². The summed E-state index contributed by atoms with van der Waals surface area (Å²) >= 11 is 11.7. The Hall–Kier alpha value is -1.58. The van der Waals surface area contributed by atoms with Gasteiger partial charge in [0.15, 0.2) is 0 Å². The Bertz CT molecular complexity index is 538. The van der Waals surface area contributed by atoms with Crippen molar-refractivity contribution in [3.8, 4) is 0 Å². The molecule has 0 bridgehead atoms. The SMILES string of the molecule is O=C(Cc1cccnc1)Nc1cc(Cl)cc(Cl)c1. The molecule has 0 unspecified atom stereocenters. The number of anilines is 1. The molecule has 0 aliphatic carbocycles. The molecule has 0 saturated heterocycles. The van der Waals surface area contributed by atoms with Crippen LogP contribution in [0.4, 0.5) is 5.69 Å². The van der Waals surface area contributed by atoms with Crippen molar-refractivity contribution in [1.29, 1.82) is 0 Å². The first kappa shape index (κ1) is 12.9. The van der Waals surface area contributed by atoms with E-state index >= 15 is 0 Å². The average molecular weight is 281 g/mol. The van der Waals surface area contributed by atoms with Crippen LogP contribution in [0.5, 0.6) is 0 Å². The first-order chi connectivity index (χ1) is 8.63. The van der Waals surface area contributed by atoms with E-state index in [1.807, 2.05) is 6.07 Å². The molecule has 0 spiro atoms. The standard InChI is InChI=1S/C13H10Cl2N2O/c14-10-5-11(15)7-12(6-10)17-13(18)4-9-2-1-3-16-8-9/h1-3,5-8H,4H2,(H,17,18). The van der Waals surface area contributed by atoms with E-state index in [2.05, 4.69) is 10.3 Å². The maximum absolute atomic E-state index is 11.8. The van der Waals surface area contributed by atoms with E-state index in [-0.39, 0.29) is 12.3 Å². The molecular formula is C13H10Cl2N2O. The summed E-state index contributed by atoms with van der Waals surface area (Å²) in [5.74, 6) is -0.138. The number of carbonyl (C=O) groups is 1. The highest BCUT2D eigenvalue weighted by Crippen LogP contribution is 2.22. The largest absolute Gasteiger partial charge is 0.326 e. The lowest BCUT2D eigenvalue weighted by Gasteiger charge is -2.06. The van der Waals surface area contributed by atoms with Crippen LogP contribution >= 0.6 is 23.2 Å². The van der Waals surface area contributed by atoms with Gasteiger partial charge in [0.2, 0.25) is 5.91 Å². The van der Waals surface area contributed by atoms with E-state index in [9.17, 15) is 4.79 Å². The first-order valence-corrected chi connectivity index (χ1v) is 6.04. The number of rotatable bonds is 3. The summed E-state index contributed by atoms with van der Waals surface area (Å²) in [7, 11) is 0. The molecule has 0 aliphatic rings. The van der Waals surface area contributed by atoms with Gasteiger partial charge in [-0.1, -0.05) is 29.3 Å². The molecule has 5 heteroatoms. The molecule has 1 aromatic carbocycles. The number of halogens is 2. The Kier molecular flexibility index (Phi) is 4.18. The van der Waals surface area contributed by atoms with E-state index in [0.717, 1.165) is 5.56 Å². The second-order valence-electron chi connectivity index (χ2n) is 3.74. The minimum Gasteiger partial charge on any atom is -0.326 e. The lowest BCUT2D eigenvalue weighted by atomic mass is 10.2. The summed E-state index contributed by atoms with van der Waals surface area (Å²) in [6.45, 7) is 0. The monoisotopic (exact) mass is 280 g/mol. The molecule has 1 amide bonds. The molecule has 92 valence electrons. The Morgan fingerprint density at radius 1 is 1.22 bits per heavy atom. The van der Waals surface area contributed by atoms with E-state index in [1.54, 1.807) is 36.7 Å². The first-order valence-electron chi connectivity index (χ1n) is 5.28. The smallest absolute Gasteiger partial charge is 0.228 e. The van der Waals surface area contributed by atoms with Crippen molar-refractivity contribution in [2.24, 2.45) is 0 Å². The second kappa shape index (κ2) is 5.85. The number of benzene rings is 1. The molecule has 0 saturated carbocycles. The maximum atomic E-state index is 11.8. The van der Waals surface area contributed by atoms with Gasteiger partial charge in [-0.3, -0.25) is 9.78 Å². The summed E-state index contributed by atoms with van der Waals surface area (Å²) < 4.78 is 0. The van der Waals surface area contributed by atoms with E-state index in [1.165, 1.54) is 0 Å². The van der Waals surface area contributed by atoms with Crippen molar-refractivity contribution in [1.82, 2.24) is 4.98 Å². The quantitative estimate of drug-likeness (QED) is 0.934. The van der Waals surface area contributed by atoms with Crippen LogP contribution in [0.15, 0.2) is 42.7 Å². The van der Waals surface area contributed by atoms with Crippen LogP contribution in [0, 0.1) is 0 Å². The zero-order chi connectivity index (χ0) is 13.0. The van der Waals surface area contributed by atoms with E-state index < -0.39 is 0 Å². The van der Waals surface area contributed by atoms with Crippen LogP contribution in [0.3, 0.4) is 0 Å². The fourth-order valence-electron chi connectivity index (χ4n) is 1.52. The molecule has 18 heavy (non-hydrogen) atoms. The summed E-state index contributed by atoms with van der Waals surface area (Å²) in [5, 5.41) is 3.71. The molecule has 0 radical (unpaired) electrons. The predicted molar refractivity (Wildman–Crippen MR) is 73.0 cm³/mol. The van der Waals surface area contributed by atoms with Gasteiger partial charge in [0.25, 0.3) is 0 Å². The van der Waals surface area contributed by atoms with Crippen molar-refractivity contribution in [2.75, 3.05) is 5.32 Å². The molecule has 1 heterocycles. The number of nitrogens with one attached hydrogen (secondary N) is 1. The van der Waals surface area contributed by atoms with Gasteiger partial charge in [0, 0.05) is 28.1 Å². The highest BCUT2D eigenvalue weighted by atomic mass is 35.5. The fraction of sp³-hybridized carbons (Fsp3) is 0.0769. The minimum atomic E-state index is -0.138. The van der Waals surface area contributed by atoms with Crippen LogP contribution in [0.2, 0.25) is 10.0 Å². The van der Waals surface area contributed by atoms with Crippen molar-refractivity contribution in [2.45, 2.75) is 6.42 Å². The van der Waals surface area contributed by atoms with Crippen molar-refractivity contribution in [3.05, 3.63) is 58.3 Å². The minimum absolute atomic E-state index is 0.138. The predicted octanol–water partition coefficient (Wildman–Crippen LogP) is 3.57. The molecule has 0 fully saturated rings. The summed E-state index contributed by atoms with van der Waals surface area (Å²) in [5.41, 5.74) is 1.43. The number of nitrogens with zero attached hydrogens (tertiary/aromatic N) is 1. The van der Waals surface area contributed by atoms with Gasteiger partial charge in [-0.15, -0.1) is 0 Å². The van der Waals surface area contributed by atoms with Gasteiger partial charge in [-0.05, 0) is 29.8 Å². The molecule has 0 atom stereocenters. The summed E-state index contributed by atoms with van der Waals surface area (Å²) in [4.78, 5) is 15.7. The molecule has 2 rings (SSSR count). The number of aromatic nitrogens is 1. The van der Waals surface area contributed by atoms with Crippen LogP contribution in [-0.2, 0) is 11.2 Å². The molecule has 1 N–H and O–H groups in total. The third-order valence-corrected chi connectivity index (χ3v) is 2.67. The van der Waals surface area contributed by atoms with Crippen molar-refractivity contribution < 1.29 is 4.79 Å². The van der Waals surface area contributed by atoms with Crippen LogP contribution in [-0.4, -0.2) is 10.9 Å². The highest BCUT2D eigenvalue weighted by molar-refractivity contribution is 6.35. The van der Waals surface area contributed by atoms with Gasteiger partial charge in [0.1, 0.15) is 0 Å². The molecule has 2 aromatic rings. The third kappa shape index (κ3) is 3.72. The maximum Gasteiger partial charge on any atom is 0.228 e. The highest BCUT2D eigenvalue weighted by Gasteiger charge is 2.05. The normalized spacial score (nSPS) is 10.1. The zero-order valence-corrected chi connectivity index (χ0v) is 10.9.